The lowest BCUT2D eigenvalue weighted by atomic mass is 9.72. The molecule has 2 heterocycles. The highest BCUT2D eigenvalue weighted by atomic mass is 16.6. The number of rotatable bonds is 13. The molecule has 2 saturated heterocycles. The molecule has 2 atom stereocenters. The molecular formula is C38H38O4. The molecule has 0 saturated carbocycles. The van der Waals surface area contributed by atoms with E-state index in [1.54, 1.807) is 0 Å². The Balaban J connectivity index is 1.08. The van der Waals surface area contributed by atoms with Crippen LogP contribution < -0.4 is 0 Å². The minimum Gasteiger partial charge on any atom is -0.377 e. The summed E-state index contributed by atoms with van der Waals surface area (Å²) in [6.07, 6.45) is 4.81. The molecule has 0 aromatic heterocycles. The van der Waals surface area contributed by atoms with Crippen LogP contribution in [0.3, 0.4) is 0 Å². The summed E-state index contributed by atoms with van der Waals surface area (Å²) >= 11 is 0. The lowest BCUT2D eigenvalue weighted by molar-refractivity contribution is 0.0757. The standard InChI is InChI=1S/C38H38O4/c1-5-15-33-29(11-1)30-12-2-6-16-34(30)37(33,25-39-21-27-23-41-27)19-9-10-20-38(26-40-22-28-24-42-28)35-17-7-3-13-31(35)32-14-4-8-18-36(32)38/h1-8,11-18,27-28H,9-10,19-26H2. The minimum atomic E-state index is -0.152. The van der Waals surface area contributed by atoms with Crippen LogP contribution in [0.2, 0.25) is 0 Å². The van der Waals surface area contributed by atoms with Gasteiger partial charge in [0.15, 0.2) is 0 Å². The van der Waals surface area contributed by atoms with Crippen molar-refractivity contribution in [3.05, 3.63) is 119 Å². The third-order valence-corrected chi connectivity index (χ3v) is 9.92. The maximum atomic E-state index is 6.43. The quantitative estimate of drug-likeness (QED) is 0.127. The first kappa shape index (κ1) is 26.4. The molecule has 4 nitrogen and oxygen atoms in total. The Labute approximate surface area is 248 Å². The van der Waals surface area contributed by atoms with Gasteiger partial charge in [-0.15, -0.1) is 0 Å². The van der Waals surface area contributed by atoms with Gasteiger partial charge < -0.3 is 18.9 Å². The summed E-state index contributed by atoms with van der Waals surface area (Å²) in [6.45, 7) is 4.35. The third kappa shape index (κ3) is 4.53. The van der Waals surface area contributed by atoms with Gasteiger partial charge in [-0.25, -0.2) is 0 Å². The van der Waals surface area contributed by atoms with E-state index in [1.807, 2.05) is 0 Å². The fraction of sp³-hybridized carbons (Fsp3) is 0.368. The minimum absolute atomic E-state index is 0.152. The van der Waals surface area contributed by atoms with Gasteiger partial charge in [-0.3, -0.25) is 0 Å². The predicted molar refractivity (Wildman–Crippen MR) is 165 cm³/mol. The van der Waals surface area contributed by atoms with Crippen LogP contribution in [0.4, 0.5) is 0 Å². The predicted octanol–water partition coefficient (Wildman–Crippen LogP) is 7.31. The van der Waals surface area contributed by atoms with Gasteiger partial charge in [0.25, 0.3) is 0 Å². The van der Waals surface area contributed by atoms with Gasteiger partial charge in [-0.2, -0.15) is 0 Å². The molecule has 0 bridgehead atoms. The van der Waals surface area contributed by atoms with E-state index >= 15 is 0 Å². The molecule has 0 N–H and O–H groups in total. The zero-order chi connectivity index (χ0) is 28.0. The normalized spacial score (nSPS) is 21.3. The van der Waals surface area contributed by atoms with Gasteiger partial charge in [0, 0.05) is 10.8 Å². The van der Waals surface area contributed by atoms with Gasteiger partial charge >= 0.3 is 0 Å². The molecule has 42 heavy (non-hydrogen) atoms. The van der Waals surface area contributed by atoms with Crippen LogP contribution in [0.15, 0.2) is 97.1 Å². The van der Waals surface area contributed by atoms with Gasteiger partial charge in [0.1, 0.15) is 12.2 Å². The van der Waals surface area contributed by atoms with Crippen molar-refractivity contribution in [3.63, 3.8) is 0 Å². The number of hydrogen-bond donors (Lipinski definition) is 0. The van der Waals surface area contributed by atoms with Gasteiger partial charge in [0.05, 0.1) is 39.6 Å². The van der Waals surface area contributed by atoms with Crippen molar-refractivity contribution in [2.45, 2.75) is 48.7 Å². The fourth-order valence-electron chi connectivity index (χ4n) is 7.74. The molecule has 214 valence electrons. The first-order valence-electron chi connectivity index (χ1n) is 15.6. The van der Waals surface area contributed by atoms with E-state index < -0.39 is 0 Å². The Kier molecular flexibility index (Phi) is 6.76. The van der Waals surface area contributed by atoms with E-state index in [2.05, 4.69) is 97.1 Å². The molecular weight excluding hydrogens is 520 g/mol. The highest BCUT2D eigenvalue weighted by Crippen LogP contribution is 2.54. The highest BCUT2D eigenvalue weighted by molar-refractivity contribution is 5.82. The van der Waals surface area contributed by atoms with Crippen LogP contribution >= 0.6 is 0 Å². The SMILES string of the molecule is c1ccc2c(c1)-c1ccccc1C2(CCCCC1(COCC2CO2)c2ccccc2-c2ccccc21)COCC1CO1. The summed E-state index contributed by atoms with van der Waals surface area (Å²) in [7, 11) is 0. The van der Waals surface area contributed by atoms with Crippen LogP contribution in [-0.4, -0.2) is 51.8 Å². The van der Waals surface area contributed by atoms with Crippen LogP contribution in [0.1, 0.15) is 47.9 Å². The van der Waals surface area contributed by atoms with Gasteiger partial charge in [-0.05, 0) is 57.3 Å². The first-order chi connectivity index (χ1) is 20.8. The first-order valence-corrected chi connectivity index (χ1v) is 15.6. The second kappa shape index (κ2) is 10.8. The van der Waals surface area contributed by atoms with Gasteiger partial charge in [0.2, 0.25) is 0 Å². The smallest absolute Gasteiger partial charge is 0.104 e. The van der Waals surface area contributed by atoms with Crippen molar-refractivity contribution in [1.29, 1.82) is 0 Å². The van der Waals surface area contributed by atoms with E-state index in [0.29, 0.717) is 26.4 Å². The van der Waals surface area contributed by atoms with Crippen molar-refractivity contribution in [2.24, 2.45) is 0 Å². The molecule has 2 aliphatic carbocycles. The van der Waals surface area contributed by atoms with Crippen molar-refractivity contribution in [1.82, 2.24) is 0 Å². The Morgan fingerprint density at radius 1 is 0.500 bits per heavy atom. The second-order valence-corrected chi connectivity index (χ2v) is 12.5. The average Bonchev–Trinajstić information content (AvgIpc) is 3.98. The molecule has 0 amide bonds. The molecule has 4 aliphatic rings. The second-order valence-electron chi connectivity index (χ2n) is 12.5. The molecule has 0 radical (unpaired) electrons. The van der Waals surface area contributed by atoms with E-state index in [0.717, 1.165) is 38.9 Å². The monoisotopic (exact) mass is 558 g/mol. The van der Waals surface area contributed by atoms with Crippen molar-refractivity contribution >= 4 is 0 Å². The van der Waals surface area contributed by atoms with Crippen molar-refractivity contribution < 1.29 is 18.9 Å². The summed E-state index contributed by atoms with van der Waals surface area (Å²) < 4.78 is 23.8. The maximum Gasteiger partial charge on any atom is 0.104 e. The molecule has 0 spiro atoms. The molecule has 4 aromatic carbocycles. The molecule has 2 fully saturated rings. The summed E-state index contributed by atoms with van der Waals surface area (Å²) in [5.74, 6) is 0. The van der Waals surface area contributed by atoms with Crippen LogP contribution in [0, 0.1) is 0 Å². The lowest BCUT2D eigenvalue weighted by Crippen LogP contribution is -2.34. The summed E-state index contributed by atoms with van der Waals surface area (Å²) in [5.41, 5.74) is 10.7. The Morgan fingerprint density at radius 3 is 1.12 bits per heavy atom. The molecule has 2 aliphatic heterocycles. The number of fused-ring (bicyclic) bond motifs is 6. The van der Waals surface area contributed by atoms with Crippen LogP contribution in [0.5, 0.6) is 0 Å². The molecule has 4 aromatic rings. The third-order valence-electron chi connectivity index (χ3n) is 9.92. The molecule has 4 heteroatoms. The summed E-state index contributed by atoms with van der Waals surface area (Å²) in [4.78, 5) is 0. The van der Waals surface area contributed by atoms with Crippen molar-refractivity contribution in [2.75, 3.05) is 39.6 Å². The van der Waals surface area contributed by atoms with E-state index in [1.165, 1.54) is 44.5 Å². The van der Waals surface area contributed by atoms with Gasteiger partial charge in [-0.1, -0.05) is 110 Å². The zero-order valence-corrected chi connectivity index (χ0v) is 24.1. The van der Waals surface area contributed by atoms with E-state index in [-0.39, 0.29) is 23.0 Å². The Hall–Kier alpha value is -3.28. The topological polar surface area (TPSA) is 43.5 Å². The maximum absolute atomic E-state index is 6.43. The Bertz CT molecular complexity index is 1370. The number of epoxide rings is 2. The highest BCUT2D eigenvalue weighted by Gasteiger charge is 2.45. The Morgan fingerprint density at radius 2 is 0.810 bits per heavy atom. The largest absolute Gasteiger partial charge is 0.377 e. The van der Waals surface area contributed by atoms with Crippen LogP contribution in [-0.2, 0) is 29.8 Å². The fourth-order valence-corrected chi connectivity index (χ4v) is 7.74. The number of ether oxygens (including phenoxy) is 4. The zero-order valence-electron chi connectivity index (χ0n) is 24.1. The molecule has 8 rings (SSSR count). The van der Waals surface area contributed by atoms with E-state index in [4.69, 9.17) is 18.9 Å². The van der Waals surface area contributed by atoms with Crippen LogP contribution in [0.25, 0.3) is 22.3 Å². The number of unbranched alkanes of at least 4 members (excludes halogenated alkanes) is 1. The number of hydrogen-bond acceptors (Lipinski definition) is 4. The summed E-state index contributed by atoms with van der Waals surface area (Å²) in [6, 6.07) is 35.8. The van der Waals surface area contributed by atoms with E-state index in [9.17, 15) is 0 Å². The lowest BCUT2D eigenvalue weighted by Gasteiger charge is -2.34. The number of benzene rings is 4. The van der Waals surface area contributed by atoms with Crippen molar-refractivity contribution in [3.8, 4) is 22.3 Å². The average molecular weight is 559 g/mol. The summed E-state index contributed by atoms with van der Waals surface area (Å²) in [5, 5.41) is 0. The molecule has 2 unspecified atom stereocenters.